The topological polar surface area (TPSA) is 57.5 Å². The Morgan fingerprint density at radius 2 is 2.39 bits per heavy atom. The van der Waals surface area contributed by atoms with Crippen LogP contribution in [0.3, 0.4) is 0 Å². The molecule has 1 atom stereocenters. The van der Waals surface area contributed by atoms with Crippen LogP contribution in [0.15, 0.2) is 12.4 Å². The molecule has 1 saturated heterocycles. The van der Waals surface area contributed by atoms with Gasteiger partial charge in [0.2, 0.25) is 0 Å². The van der Waals surface area contributed by atoms with Crippen LogP contribution >= 0.6 is 0 Å². The highest BCUT2D eigenvalue weighted by molar-refractivity contribution is 5.38. The maximum atomic E-state index is 5.58. The normalized spacial score (nSPS) is 19.6. The highest BCUT2D eigenvalue weighted by atomic mass is 16.7. The van der Waals surface area contributed by atoms with Crippen LogP contribution in [0.2, 0.25) is 0 Å². The first-order chi connectivity index (χ1) is 8.81. The van der Waals surface area contributed by atoms with Crippen molar-refractivity contribution in [2.45, 2.75) is 31.8 Å². The third-order valence-electron chi connectivity index (χ3n) is 3.05. The van der Waals surface area contributed by atoms with Crippen LogP contribution in [0.25, 0.3) is 0 Å². The minimum atomic E-state index is -0.244. The summed E-state index contributed by atoms with van der Waals surface area (Å²) in [6.07, 6.45) is 6.12. The molecular weight excluding hydrogens is 234 g/mol. The van der Waals surface area contributed by atoms with E-state index in [1.54, 1.807) is 20.4 Å². The van der Waals surface area contributed by atoms with Gasteiger partial charge in [0.1, 0.15) is 0 Å². The van der Waals surface area contributed by atoms with Gasteiger partial charge in [-0.25, -0.2) is 0 Å². The van der Waals surface area contributed by atoms with Gasteiger partial charge in [0.25, 0.3) is 0 Å². The molecule has 0 spiro atoms. The third kappa shape index (κ3) is 3.69. The summed E-state index contributed by atoms with van der Waals surface area (Å²) in [5.41, 5.74) is 0.965. The van der Waals surface area contributed by atoms with Gasteiger partial charge in [0.05, 0.1) is 31.1 Å². The predicted molar refractivity (Wildman–Crippen MR) is 67.5 cm³/mol. The molecule has 2 rings (SSSR count). The molecule has 1 unspecified atom stereocenters. The van der Waals surface area contributed by atoms with Crippen molar-refractivity contribution < 1.29 is 14.2 Å². The number of ether oxygens (including phenoxy) is 3. The molecule has 18 heavy (non-hydrogen) atoms. The first-order valence-corrected chi connectivity index (χ1v) is 6.25. The fraction of sp³-hybridized carbons (Fsp3) is 0.750. The van der Waals surface area contributed by atoms with E-state index in [2.05, 4.69) is 10.4 Å². The Labute approximate surface area is 107 Å². The first-order valence-electron chi connectivity index (χ1n) is 6.25. The van der Waals surface area contributed by atoms with Crippen molar-refractivity contribution in [3.8, 4) is 0 Å². The molecule has 0 radical (unpaired) electrons. The lowest BCUT2D eigenvalue weighted by molar-refractivity contribution is -0.0914. The molecule has 0 aliphatic carbocycles. The second kappa shape index (κ2) is 6.72. The molecular formula is C12H21N3O3. The quantitative estimate of drug-likeness (QED) is 0.739. The Kier molecular flexibility index (Phi) is 4.98. The van der Waals surface area contributed by atoms with Crippen LogP contribution in [0.1, 0.15) is 12.8 Å². The minimum Gasteiger partial charge on any atom is -0.377 e. The van der Waals surface area contributed by atoms with Gasteiger partial charge in [-0.3, -0.25) is 4.68 Å². The molecule has 102 valence electrons. The van der Waals surface area contributed by atoms with Gasteiger partial charge in [0.15, 0.2) is 6.29 Å². The van der Waals surface area contributed by atoms with Crippen LogP contribution in [-0.2, 0) is 20.8 Å². The maximum absolute atomic E-state index is 5.58. The molecule has 0 amide bonds. The van der Waals surface area contributed by atoms with Gasteiger partial charge in [-0.1, -0.05) is 0 Å². The lowest BCUT2D eigenvalue weighted by Gasteiger charge is -2.13. The Bertz CT molecular complexity index is 346. The van der Waals surface area contributed by atoms with Crippen molar-refractivity contribution in [3.05, 3.63) is 12.4 Å². The third-order valence-corrected chi connectivity index (χ3v) is 3.05. The molecule has 0 saturated carbocycles. The summed E-state index contributed by atoms with van der Waals surface area (Å²) in [6, 6.07) is 0. The SMILES string of the molecule is COC(CNc1cnn(CC2CCCO2)c1)OC. The van der Waals surface area contributed by atoms with Crippen molar-refractivity contribution in [2.75, 3.05) is 32.7 Å². The summed E-state index contributed by atoms with van der Waals surface area (Å²) in [7, 11) is 3.24. The standard InChI is InChI=1S/C12H21N3O3/c1-16-12(17-2)7-13-10-6-14-15(8-10)9-11-4-3-5-18-11/h6,8,11-13H,3-5,7,9H2,1-2H3. The van der Waals surface area contributed by atoms with Crippen molar-refractivity contribution >= 4 is 5.69 Å². The van der Waals surface area contributed by atoms with Gasteiger partial charge < -0.3 is 19.5 Å². The number of rotatable bonds is 7. The maximum Gasteiger partial charge on any atom is 0.173 e. The van der Waals surface area contributed by atoms with E-state index in [4.69, 9.17) is 14.2 Å². The average molecular weight is 255 g/mol. The molecule has 1 N–H and O–H groups in total. The Hall–Kier alpha value is -1.11. The monoisotopic (exact) mass is 255 g/mol. The van der Waals surface area contributed by atoms with Gasteiger partial charge in [-0.15, -0.1) is 0 Å². The zero-order valence-electron chi connectivity index (χ0n) is 11.0. The lowest BCUT2D eigenvalue weighted by atomic mass is 10.2. The van der Waals surface area contributed by atoms with Crippen LogP contribution in [0.5, 0.6) is 0 Å². The molecule has 1 fully saturated rings. The average Bonchev–Trinajstić information content (AvgIpc) is 3.03. The van der Waals surface area contributed by atoms with Crippen molar-refractivity contribution in [1.29, 1.82) is 0 Å². The number of anilines is 1. The van der Waals surface area contributed by atoms with E-state index in [0.29, 0.717) is 12.6 Å². The molecule has 1 aromatic rings. The van der Waals surface area contributed by atoms with E-state index in [9.17, 15) is 0 Å². The van der Waals surface area contributed by atoms with Gasteiger partial charge in [0, 0.05) is 27.0 Å². The fourth-order valence-electron chi connectivity index (χ4n) is 2.02. The Morgan fingerprint density at radius 3 is 3.06 bits per heavy atom. The molecule has 6 nitrogen and oxygen atoms in total. The van der Waals surface area contributed by atoms with E-state index in [1.807, 2.05) is 10.9 Å². The summed E-state index contributed by atoms with van der Waals surface area (Å²) in [5.74, 6) is 0. The van der Waals surface area contributed by atoms with Crippen LogP contribution in [-0.4, -0.2) is 49.5 Å². The second-order valence-corrected chi connectivity index (χ2v) is 4.37. The number of methoxy groups -OCH3 is 2. The number of nitrogens with one attached hydrogen (secondary N) is 1. The van der Waals surface area contributed by atoms with Crippen LogP contribution in [0.4, 0.5) is 5.69 Å². The molecule has 0 bridgehead atoms. The number of nitrogens with zero attached hydrogens (tertiary/aromatic N) is 2. The van der Waals surface area contributed by atoms with Crippen molar-refractivity contribution in [3.63, 3.8) is 0 Å². The highest BCUT2D eigenvalue weighted by Gasteiger charge is 2.16. The number of aromatic nitrogens is 2. The van der Waals surface area contributed by atoms with E-state index < -0.39 is 0 Å². The smallest absolute Gasteiger partial charge is 0.173 e. The zero-order valence-corrected chi connectivity index (χ0v) is 11.0. The fourth-order valence-corrected chi connectivity index (χ4v) is 2.02. The van der Waals surface area contributed by atoms with Crippen molar-refractivity contribution in [1.82, 2.24) is 9.78 Å². The zero-order chi connectivity index (χ0) is 12.8. The summed E-state index contributed by atoms with van der Waals surface area (Å²) >= 11 is 0. The molecule has 2 heterocycles. The molecule has 6 heteroatoms. The van der Waals surface area contributed by atoms with E-state index in [-0.39, 0.29) is 6.29 Å². The van der Waals surface area contributed by atoms with Gasteiger partial charge in [-0.2, -0.15) is 5.10 Å². The van der Waals surface area contributed by atoms with Gasteiger partial charge >= 0.3 is 0 Å². The molecule has 1 aliphatic heterocycles. The van der Waals surface area contributed by atoms with E-state index >= 15 is 0 Å². The molecule has 0 aromatic carbocycles. The summed E-state index contributed by atoms with van der Waals surface area (Å²) in [6.45, 7) is 2.29. The van der Waals surface area contributed by atoms with Crippen molar-refractivity contribution in [2.24, 2.45) is 0 Å². The Morgan fingerprint density at radius 1 is 1.56 bits per heavy atom. The number of hydrogen-bond acceptors (Lipinski definition) is 5. The number of hydrogen-bond donors (Lipinski definition) is 1. The summed E-state index contributed by atoms with van der Waals surface area (Å²) in [4.78, 5) is 0. The Balaban J connectivity index is 1.78. The first kappa shape index (κ1) is 13.3. The highest BCUT2D eigenvalue weighted by Crippen LogP contribution is 2.14. The summed E-state index contributed by atoms with van der Waals surface area (Å²) < 4.78 is 17.7. The van der Waals surface area contributed by atoms with Crippen LogP contribution in [0, 0.1) is 0 Å². The van der Waals surface area contributed by atoms with Gasteiger partial charge in [-0.05, 0) is 12.8 Å². The second-order valence-electron chi connectivity index (χ2n) is 4.37. The largest absolute Gasteiger partial charge is 0.377 e. The van der Waals surface area contributed by atoms with Crippen LogP contribution < -0.4 is 5.32 Å². The van der Waals surface area contributed by atoms with E-state index in [1.165, 1.54) is 0 Å². The summed E-state index contributed by atoms with van der Waals surface area (Å²) in [5, 5.41) is 7.52. The molecule has 1 aliphatic rings. The molecule has 1 aromatic heterocycles. The minimum absolute atomic E-state index is 0.244. The predicted octanol–water partition coefficient (Wildman–Crippen LogP) is 1.09. The lowest BCUT2D eigenvalue weighted by Crippen LogP contribution is -2.23. The van der Waals surface area contributed by atoms with E-state index in [0.717, 1.165) is 31.7 Å².